The molecule has 0 spiro atoms. The predicted molar refractivity (Wildman–Crippen MR) is 81.6 cm³/mol. The Bertz CT molecular complexity index is 622. The van der Waals surface area contributed by atoms with Crippen LogP contribution in [-0.2, 0) is 27.7 Å². The summed E-state index contributed by atoms with van der Waals surface area (Å²) < 4.78 is 26.9. The molecule has 0 aliphatic heterocycles. The largest absolute Gasteiger partial charge is 0.342 e. The molecule has 116 valence electrons. The van der Waals surface area contributed by atoms with Crippen LogP contribution in [0.1, 0.15) is 31.4 Å². The minimum Gasteiger partial charge on any atom is -0.342 e. The lowest BCUT2D eigenvalue weighted by Gasteiger charge is -2.18. The molecule has 0 bridgehead atoms. The molecule has 1 aliphatic carbocycles. The summed E-state index contributed by atoms with van der Waals surface area (Å²) in [6, 6.07) is 5.23. The average molecular weight is 310 g/mol. The van der Waals surface area contributed by atoms with Crippen molar-refractivity contribution in [2.45, 2.75) is 38.0 Å². The van der Waals surface area contributed by atoms with Gasteiger partial charge in [0.2, 0.25) is 15.9 Å². The van der Waals surface area contributed by atoms with E-state index in [-0.39, 0.29) is 17.3 Å². The Morgan fingerprint density at radius 2 is 1.86 bits per heavy atom. The molecule has 2 rings (SSSR count). The van der Waals surface area contributed by atoms with E-state index < -0.39 is 10.0 Å². The van der Waals surface area contributed by atoms with E-state index in [1.54, 1.807) is 17.0 Å². The molecular formula is C15H22N2O3S. The standard InChI is InChI=1S/C15H22N2O3S/c1-3-17(4-2)15(18)11-16-21(19,20)14-9-8-12-6-5-7-13(12)10-14/h8-10,16H,3-7,11H2,1-2H3. The van der Waals surface area contributed by atoms with Gasteiger partial charge in [-0.25, -0.2) is 13.1 Å². The molecule has 0 fully saturated rings. The first-order valence-corrected chi connectivity index (χ1v) is 8.85. The van der Waals surface area contributed by atoms with Crippen molar-refractivity contribution in [3.05, 3.63) is 29.3 Å². The van der Waals surface area contributed by atoms with Crippen LogP contribution in [0, 0.1) is 0 Å². The monoisotopic (exact) mass is 310 g/mol. The van der Waals surface area contributed by atoms with E-state index >= 15 is 0 Å². The summed E-state index contributed by atoms with van der Waals surface area (Å²) in [5.41, 5.74) is 2.33. The first-order chi connectivity index (χ1) is 9.97. The number of rotatable bonds is 6. The van der Waals surface area contributed by atoms with Crippen molar-refractivity contribution >= 4 is 15.9 Å². The highest BCUT2D eigenvalue weighted by Crippen LogP contribution is 2.24. The number of carbonyl (C=O) groups is 1. The molecule has 0 atom stereocenters. The Balaban J connectivity index is 2.07. The number of carbonyl (C=O) groups excluding carboxylic acids is 1. The summed E-state index contributed by atoms with van der Waals surface area (Å²) in [7, 11) is -3.62. The number of fused-ring (bicyclic) bond motifs is 1. The Hall–Kier alpha value is -1.40. The van der Waals surface area contributed by atoms with Crippen molar-refractivity contribution in [3.63, 3.8) is 0 Å². The van der Waals surface area contributed by atoms with Gasteiger partial charge in [0.25, 0.3) is 0 Å². The number of nitrogens with zero attached hydrogens (tertiary/aromatic N) is 1. The zero-order valence-corrected chi connectivity index (χ0v) is 13.4. The van der Waals surface area contributed by atoms with Crippen LogP contribution in [0.2, 0.25) is 0 Å². The van der Waals surface area contributed by atoms with Crippen LogP contribution in [0.25, 0.3) is 0 Å². The lowest BCUT2D eigenvalue weighted by Crippen LogP contribution is -2.39. The third-order valence-electron chi connectivity index (χ3n) is 3.91. The van der Waals surface area contributed by atoms with Crippen molar-refractivity contribution in [1.29, 1.82) is 0 Å². The molecule has 1 aromatic rings. The maximum atomic E-state index is 12.3. The summed E-state index contributed by atoms with van der Waals surface area (Å²) in [5.74, 6) is -0.204. The summed E-state index contributed by atoms with van der Waals surface area (Å²) >= 11 is 0. The van der Waals surface area contributed by atoms with Gasteiger partial charge in [-0.3, -0.25) is 4.79 Å². The smallest absolute Gasteiger partial charge is 0.241 e. The first-order valence-electron chi connectivity index (χ1n) is 7.37. The fourth-order valence-corrected chi connectivity index (χ4v) is 3.67. The minimum absolute atomic E-state index is 0.193. The van der Waals surface area contributed by atoms with Crippen molar-refractivity contribution in [3.8, 4) is 0 Å². The molecule has 0 heterocycles. The Kier molecular flexibility index (Phi) is 5.00. The van der Waals surface area contributed by atoms with Crippen molar-refractivity contribution in [1.82, 2.24) is 9.62 Å². The number of likely N-dealkylation sites (N-methyl/N-ethyl adjacent to an activating group) is 1. The van der Waals surface area contributed by atoms with Crippen LogP contribution in [0.5, 0.6) is 0 Å². The molecule has 0 saturated carbocycles. The van der Waals surface area contributed by atoms with Gasteiger partial charge in [-0.2, -0.15) is 0 Å². The number of benzene rings is 1. The molecule has 0 radical (unpaired) electrons. The highest BCUT2D eigenvalue weighted by atomic mass is 32.2. The highest BCUT2D eigenvalue weighted by Gasteiger charge is 2.20. The molecule has 1 amide bonds. The molecular weight excluding hydrogens is 288 g/mol. The third-order valence-corrected chi connectivity index (χ3v) is 5.31. The van der Waals surface area contributed by atoms with E-state index in [0.29, 0.717) is 13.1 Å². The van der Waals surface area contributed by atoms with Gasteiger partial charge < -0.3 is 4.90 Å². The molecule has 0 aromatic heterocycles. The lowest BCUT2D eigenvalue weighted by atomic mass is 10.1. The van der Waals surface area contributed by atoms with E-state index in [0.717, 1.165) is 24.8 Å². The van der Waals surface area contributed by atoms with Crippen molar-refractivity contribution < 1.29 is 13.2 Å². The topological polar surface area (TPSA) is 66.5 Å². The van der Waals surface area contributed by atoms with Gasteiger partial charge in [0.1, 0.15) is 0 Å². The molecule has 0 saturated heterocycles. The lowest BCUT2D eigenvalue weighted by molar-refractivity contribution is -0.129. The Labute approximate surface area is 126 Å². The van der Waals surface area contributed by atoms with E-state index in [1.165, 1.54) is 5.56 Å². The Morgan fingerprint density at radius 1 is 1.19 bits per heavy atom. The second-order valence-electron chi connectivity index (χ2n) is 5.17. The fourth-order valence-electron chi connectivity index (χ4n) is 2.64. The number of hydrogen-bond donors (Lipinski definition) is 1. The van der Waals surface area contributed by atoms with Gasteiger partial charge in [-0.05, 0) is 56.4 Å². The quantitative estimate of drug-likeness (QED) is 0.862. The minimum atomic E-state index is -3.62. The molecule has 21 heavy (non-hydrogen) atoms. The maximum Gasteiger partial charge on any atom is 0.241 e. The van der Waals surface area contributed by atoms with Gasteiger partial charge in [0.15, 0.2) is 0 Å². The molecule has 1 aromatic carbocycles. The first kappa shape index (κ1) is 16.0. The molecule has 0 unspecified atom stereocenters. The van der Waals surface area contributed by atoms with E-state index in [1.807, 2.05) is 19.9 Å². The van der Waals surface area contributed by atoms with Gasteiger partial charge in [-0.15, -0.1) is 0 Å². The molecule has 5 nitrogen and oxygen atoms in total. The molecule has 1 aliphatic rings. The molecule has 1 N–H and O–H groups in total. The van der Waals surface area contributed by atoms with E-state index in [9.17, 15) is 13.2 Å². The van der Waals surface area contributed by atoms with Crippen molar-refractivity contribution in [2.24, 2.45) is 0 Å². The van der Waals surface area contributed by atoms with E-state index in [2.05, 4.69) is 4.72 Å². The highest BCUT2D eigenvalue weighted by molar-refractivity contribution is 7.89. The number of sulfonamides is 1. The van der Waals surface area contributed by atoms with Crippen LogP contribution in [0.15, 0.2) is 23.1 Å². The van der Waals surface area contributed by atoms with Gasteiger partial charge in [0, 0.05) is 13.1 Å². The zero-order valence-electron chi connectivity index (χ0n) is 12.6. The fraction of sp³-hybridized carbons (Fsp3) is 0.533. The zero-order chi connectivity index (χ0) is 15.5. The summed E-state index contributed by atoms with van der Waals surface area (Å²) in [6.07, 6.45) is 3.02. The van der Waals surface area contributed by atoms with Crippen LogP contribution in [0.4, 0.5) is 0 Å². The van der Waals surface area contributed by atoms with Crippen LogP contribution in [0.3, 0.4) is 0 Å². The second kappa shape index (κ2) is 6.58. The van der Waals surface area contributed by atoms with Gasteiger partial charge >= 0.3 is 0 Å². The van der Waals surface area contributed by atoms with Crippen molar-refractivity contribution in [2.75, 3.05) is 19.6 Å². The number of aryl methyl sites for hydroxylation is 2. The average Bonchev–Trinajstić information content (AvgIpc) is 2.94. The van der Waals surface area contributed by atoms with Crippen LogP contribution < -0.4 is 4.72 Å². The third kappa shape index (κ3) is 3.63. The summed E-state index contributed by atoms with van der Waals surface area (Å²) in [4.78, 5) is 13.7. The second-order valence-corrected chi connectivity index (χ2v) is 6.94. The summed E-state index contributed by atoms with van der Waals surface area (Å²) in [5, 5.41) is 0. The molecule has 6 heteroatoms. The van der Waals surface area contributed by atoms with E-state index in [4.69, 9.17) is 0 Å². The number of amides is 1. The SMILES string of the molecule is CCN(CC)C(=O)CNS(=O)(=O)c1ccc2c(c1)CCC2. The predicted octanol–water partition coefficient (Wildman–Crippen LogP) is 1.32. The van der Waals surface area contributed by atoms with Crippen LogP contribution in [-0.4, -0.2) is 38.9 Å². The Morgan fingerprint density at radius 3 is 2.52 bits per heavy atom. The normalized spacial score (nSPS) is 14.0. The maximum absolute atomic E-state index is 12.3. The van der Waals surface area contributed by atoms with Crippen LogP contribution >= 0.6 is 0 Å². The number of hydrogen-bond acceptors (Lipinski definition) is 3. The van der Waals surface area contributed by atoms with Gasteiger partial charge in [0.05, 0.1) is 11.4 Å². The summed E-state index contributed by atoms with van der Waals surface area (Å²) in [6.45, 7) is 4.71. The van der Waals surface area contributed by atoms with Gasteiger partial charge in [-0.1, -0.05) is 6.07 Å². The number of nitrogens with one attached hydrogen (secondary N) is 1.